The van der Waals surface area contributed by atoms with Crippen molar-refractivity contribution in [1.82, 2.24) is 9.97 Å². The summed E-state index contributed by atoms with van der Waals surface area (Å²) in [5.74, 6) is 0.520. The van der Waals surface area contributed by atoms with Gasteiger partial charge in [0.15, 0.2) is 0 Å². The highest BCUT2D eigenvalue weighted by Crippen LogP contribution is 2.39. The summed E-state index contributed by atoms with van der Waals surface area (Å²) in [6.45, 7) is 5.86. The molecule has 0 atom stereocenters. The molecule has 114 valence electrons. The molecule has 0 amide bonds. The van der Waals surface area contributed by atoms with Gasteiger partial charge in [-0.25, -0.2) is 0 Å². The number of rotatable bonds is 4. The van der Waals surface area contributed by atoms with Crippen molar-refractivity contribution < 1.29 is 4.74 Å². The largest absolute Gasteiger partial charge is 0.424 e. The van der Waals surface area contributed by atoms with Crippen molar-refractivity contribution in [3.05, 3.63) is 58.9 Å². The van der Waals surface area contributed by atoms with Crippen molar-refractivity contribution >= 4 is 22.7 Å². The van der Waals surface area contributed by atoms with Gasteiger partial charge in [-0.1, -0.05) is 31.2 Å². The van der Waals surface area contributed by atoms with Gasteiger partial charge in [0, 0.05) is 12.0 Å². The van der Waals surface area contributed by atoms with Crippen molar-refractivity contribution in [3.63, 3.8) is 0 Å². The minimum atomic E-state index is 0.232. The van der Waals surface area contributed by atoms with E-state index in [9.17, 15) is 0 Å². The van der Waals surface area contributed by atoms with E-state index in [-0.39, 0.29) is 6.01 Å². The summed E-state index contributed by atoms with van der Waals surface area (Å²) in [6, 6.07) is 9.18. The van der Waals surface area contributed by atoms with Gasteiger partial charge >= 0.3 is 6.01 Å². The average molecular weight is 324 g/mol. The lowest BCUT2D eigenvalue weighted by Gasteiger charge is -2.09. The highest BCUT2D eigenvalue weighted by molar-refractivity contribution is 6.50. The highest BCUT2D eigenvalue weighted by atomic mass is 35.5. The summed E-state index contributed by atoms with van der Waals surface area (Å²) >= 11 is 6.42. The molecule has 2 aromatic rings. The van der Waals surface area contributed by atoms with Crippen LogP contribution in [0, 0.1) is 11.3 Å². The van der Waals surface area contributed by atoms with Crippen LogP contribution in [0.2, 0.25) is 0 Å². The number of aromatic nitrogens is 2. The molecule has 5 heteroatoms. The van der Waals surface area contributed by atoms with Crippen molar-refractivity contribution in [3.8, 4) is 17.8 Å². The van der Waals surface area contributed by atoms with Gasteiger partial charge in [0.25, 0.3) is 0 Å². The third kappa shape index (κ3) is 2.84. The van der Waals surface area contributed by atoms with Crippen molar-refractivity contribution in [2.45, 2.75) is 19.8 Å². The topological polar surface area (TPSA) is 58.8 Å². The second-order valence-electron chi connectivity index (χ2n) is 5.11. The highest BCUT2D eigenvalue weighted by Gasteiger charge is 2.25. The Morgan fingerprint density at radius 1 is 1.43 bits per heavy atom. The van der Waals surface area contributed by atoms with Crippen LogP contribution in [0.3, 0.4) is 0 Å². The van der Waals surface area contributed by atoms with E-state index in [1.807, 2.05) is 0 Å². The van der Waals surface area contributed by atoms with E-state index in [1.165, 1.54) is 0 Å². The molecule has 0 radical (unpaired) electrons. The van der Waals surface area contributed by atoms with Gasteiger partial charge < -0.3 is 4.74 Å². The molecule has 1 aliphatic carbocycles. The van der Waals surface area contributed by atoms with Crippen LogP contribution in [0.25, 0.3) is 11.1 Å². The van der Waals surface area contributed by atoms with E-state index >= 15 is 0 Å². The summed E-state index contributed by atoms with van der Waals surface area (Å²) in [6.07, 6.45) is 3.22. The van der Waals surface area contributed by atoms with E-state index in [0.717, 1.165) is 28.3 Å². The van der Waals surface area contributed by atoms with Crippen molar-refractivity contribution in [1.29, 1.82) is 5.26 Å². The first-order valence-corrected chi connectivity index (χ1v) is 7.63. The molecular formula is C18H14ClN3O. The molecule has 0 fully saturated rings. The lowest BCUT2D eigenvalue weighted by Crippen LogP contribution is -2.01. The van der Waals surface area contributed by atoms with Gasteiger partial charge in [-0.2, -0.15) is 15.2 Å². The molecule has 0 bridgehead atoms. The Morgan fingerprint density at radius 2 is 2.26 bits per heavy atom. The third-order valence-corrected chi connectivity index (χ3v) is 4.15. The monoisotopic (exact) mass is 323 g/mol. The maximum Gasteiger partial charge on any atom is 0.322 e. The van der Waals surface area contributed by atoms with E-state index in [2.05, 4.69) is 29.5 Å². The molecule has 0 unspecified atom stereocenters. The van der Waals surface area contributed by atoms with Crippen LogP contribution in [0.1, 0.15) is 35.9 Å². The molecule has 0 spiro atoms. The standard InChI is InChI=1S/C18H14ClN3O/c1-3-12-9-15-16(17(12)19)14(4-2)21-18(22-15)23-13-7-5-6-11(8-13)10-20/h4-8H,2-3,9H2,1H3. The number of nitriles is 1. The van der Waals surface area contributed by atoms with Crippen LogP contribution < -0.4 is 4.74 Å². The molecule has 0 N–H and O–H groups in total. The Balaban J connectivity index is 1.99. The molecule has 0 aliphatic heterocycles. The van der Waals surface area contributed by atoms with Gasteiger partial charge in [0.2, 0.25) is 0 Å². The Hall–Kier alpha value is -2.64. The first kappa shape index (κ1) is 15.3. The predicted octanol–water partition coefficient (Wildman–Crippen LogP) is 4.70. The molecule has 1 aromatic heterocycles. The Morgan fingerprint density at radius 3 is 2.96 bits per heavy atom. The Kier molecular flexibility index (Phi) is 4.14. The summed E-state index contributed by atoms with van der Waals surface area (Å²) in [4.78, 5) is 8.85. The summed E-state index contributed by atoms with van der Waals surface area (Å²) in [5, 5.41) is 9.67. The fourth-order valence-corrected chi connectivity index (χ4v) is 2.94. The average Bonchev–Trinajstić information content (AvgIpc) is 2.90. The third-order valence-electron chi connectivity index (χ3n) is 3.69. The second-order valence-corrected chi connectivity index (χ2v) is 5.48. The lowest BCUT2D eigenvalue weighted by atomic mass is 10.2. The predicted molar refractivity (Wildman–Crippen MR) is 90.1 cm³/mol. The minimum Gasteiger partial charge on any atom is -0.424 e. The van der Waals surface area contributed by atoms with Crippen LogP contribution in [0.4, 0.5) is 0 Å². The van der Waals surface area contributed by atoms with Crippen LogP contribution in [0.15, 0.2) is 36.4 Å². The number of fused-ring (bicyclic) bond motifs is 1. The van der Waals surface area contributed by atoms with Gasteiger partial charge in [-0.3, -0.25) is 0 Å². The number of allylic oxidation sites excluding steroid dienone is 1. The summed E-state index contributed by atoms with van der Waals surface area (Å²) < 4.78 is 5.71. The maximum atomic E-state index is 8.95. The molecule has 1 heterocycles. The lowest BCUT2D eigenvalue weighted by molar-refractivity contribution is 0.439. The zero-order valence-corrected chi connectivity index (χ0v) is 13.4. The van der Waals surface area contributed by atoms with Crippen LogP contribution in [-0.4, -0.2) is 9.97 Å². The Labute approximate surface area is 139 Å². The van der Waals surface area contributed by atoms with Gasteiger partial charge in [-0.15, -0.1) is 0 Å². The van der Waals surface area contributed by atoms with Crippen molar-refractivity contribution in [2.75, 3.05) is 0 Å². The van der Waals surface area contributed by atoms with E-state index in [1.54, 1.807) is 30.3 Å². The van der Waals surface area contributed by atoms with Crippen molar-refractivity contribution in [2.24, 2.45) is 0 Å². The molecule has 4 nitrogen and oxygen atoms in total. The van der Waals surface area contributed by atoms with E-state index in [0.29, 0.717) is 23.4 Å². The molecule has 3 rings (SSSR count). The smallest absolute Gasteiger partial charge is 0.322 e. The Bertz CT molecular complexity index is 865. The zero-order valence-electron chi connectivity index (χ0n) is 12.6. The summed E-state index contributed by atoms with van der Waals surface area (Å²) in [7, 11) is 0. The number of hydrogen-bond acceptors (Lipinski definition) is 4. The quantitative estimate of drug-likeness (QED) is 0.818. The van der Waals surface area contributed by atoms with Crippen LogP contribution in [-0.2, 0) is 6.42 Å². The number of benzene rings is 1. The SMILES string of the molecule is C=Cc1nc(Oc2cccc(C#N)c2)nc2c1C(Cl)=C(CC)C2. The number of hydrogen-bond donors (Lipinski definition) is 0. The van der Waals surface area contributed by atoms with E-state index in [4.69, 9.17) is 21.6 Å². The molecule has 0 saturated carbocycles. The van der Waals surface area contributed by atoms with Gasteiger partial charge in [0.05, 0.1) is 28.1 Å². The number of nitrogens with zero attached hydrogens (tertiary/aromatic N) is 3. The van der Waals surface area contributed by atoms with Gasteiger partial charge in [-0.05, 0) is 36.3 Å². The number of halogens is 1. The fraction of sp³-hybridized carbons (Fsp3) is 0.167. The second kappa shape index (κ2) is 6.23. The number of ether oxygens (including phenoxy) is 1. The molecular weight excluding hydrogens is 310 g/mol. The molecule has 1 aliphatic rings. The van der Waals surface area contributed by atoms with E-state index < -0.39 is 0 Å². The zero-order chi connectivity index (χ0) is 16.4. The fourth-order valence-electron chi connectivity index (χ4n) is 2.53. The van der Waals surface area contributed by atoms with Gasteiger partial charge in [0.1, 0.15) is 5.75 Å². The van der Waals surface area contributed by atoms with Crippen LogP contribution >= 0.6 is 11.6 Å². The molecule has 23 heavy (non-hydrogen) atoms. The minimum absolute atomic E-state index is 0.232. The molecule has 0 saturated heterocycles. The first-order chi connectivity index (χ1) is 11.2. The first-order valence-electron chi connectivity index (χ1n) is 7.25. The van der Waals surface area contributed by atoms with Crippen LogP contribution in [0.5, 0.6) is 11.8 Å². The molecule has 1 aromatic carbocycles. The normalized spacial score (nSPS) is 12.7. The maximum absolute atomic E-state index is 8.95. The summed E-state index contributed by atoms with van der Waals surface area (Å²) in [5.41, 5.74) is 4.02.